The van der Waals surface area contributed by atoms with Gasteiger partial charge in [-0.05, 0) is 38.0 Å². The summed E-state index contributed by atoms with van der Waals surface area (Å²) in [7, 11) is 3.51. The Bertz CT molecular complexity index is 700. The molecule has 1 aliphatic rings. The first kappa shape index (κ1) is 24.1. The number of amides is 1. The van der Waals surface area contributed by atoms with Crippen LogP contribution >= 0.6 is 0 Å². The number of rotatable bonds is 9. The number of nitrogens with one attached hydrogen (secondary N) is 2. The van der Waals surface area contributed by atoms with E-state index in [1.165, 1.54) is 0 Å². The Labute approximate surface area is 180 Å². The van der Waals surface area contributed by atoms with Gasteiger partial charge in [0.1, 0.15) is 0 Å². The van der Waals surface area contributed by atoms with Gasteiger partial charge in [-0.3, -0.25) is 14.7 Å². The molecule has 1 unspecified atom stereocenters. The number of morpholine rings is 1. The molecular formula is C22H37N5O3. The zero-order valence-corrected chi connectivity index (χ0v) is 18.8. The highest BCUT2D eigenvalue weighted by molar-refractivity contribution is 5.94. The maximum Gasteiger partial charge on any atom is 0.253 e. The van der Waals surface area contributed by atoms with E-state index in [0.717, 1.165) is 31.6 Å². The van der Waals surface area contributed by atoms with Crippen LogP contribution in [0.15, 0.2) is 29.3 Å². The van der Waals surface area contributed by atoms with E-state index in [1.807, 2.05) is 38.1 Å². The summed E-state index contributed by atoms with van der Waals surface area (Å²) in [5.74, 6) is 0.683. The lowest BCUT2D eigenvalue weighted by Gasteiger charge is -2.33. The molecule has 168 valence electrons. The number of β-amino-alcohol motifs (C(OH)–C–C–N with tert-alkyl or cyclic N) is 1. The van der Waals surface area contributed by atoms with Crippen molar-refractivity contribution in [2.45, 2.75) is 25.9 Å². The molecule has 1 aromatic carbocycles. The van der Waals surface area contributed by atoms with Crippen LogP contribution in [0.25, 0.3) is 0 Å². The highest BCUT2D eigenvalue weighted by atomic mass is 16.5. The van der Waals surface area contributed by atoms with Gasteiger partial charge in [0.2, 0.25) is 0 Å². The molecule has 1 fully saturated rings. The van der Waals surface area contributed by atoms with Crippen LogP contribution in [0.1, 0.15) is 29.8 Å². The number of hydrogen-bond acceptors (Lipinski definition) is 5. The predicted molar refractivity (Wildman–Crippen MR) is 120 cm³/mol. The molecule has 1 amide bonds. The maximum absolute atomic E-state index is 12.1. The minimum atomic E-state index is -0.902. The molecular weight excluding hydrogens is 382 g/mol. The Balaban J connectivity index is 1.87. The van der Waals surface area contributed by atoms with Gasteiger partial charge in [0, 0.05) is 52.4 Å². The zero-order valence-electron chi connectivity index (χ0n) is 18.8. The quantitative estimate of drug-likeness (QED) is 0.401. The Kier molecular flexibility index (Phi) is 9.55. The van der Waals surface area contributed by atoms with E-state index in [-0.39, 0.29) is 5.91 Å². The normalized spacial score (nSPS) is 17.3. The molecule has 0 bridgehead atoms. The Morgan fingerprint density at radius 1 is 1.30 bits per heavy atom. The molecule has 30 heavy (non-hydrogen) atoms. The van der Waals surface area contributed by atoms with Crippen molar-refractivity contribution in [3.8, 4) is 0 Å². The number of hydrogen-bond donors (Lipinski definition) is 3. The molecule has 1 aromatic rings. The highest BCUT2D eigenvalue weighted by Crippen LogP contribution is 2.10. The van der Waals surface area contributed by atoms with Crippen molar-refractivity contribution in [1.29, 1.82) is 0 Å². The Morgan fingerprint density at radius 2 is 2.03 bits per heavy atom. The number of aliphatic hydroxyl groups is 1. The van der Waals surface area contributed by atoms with E-state index < -0.39 is 5.60 Å². The topological polar surface area (TPSA) is 89.4 Å². The van der Waals surface area contributed by atoms with Crippen LogP contribution in [0.4, 0.5) is 0 Å². The molecule has 1 aliphatic heterocycles. The fraction of sp³-hybridized carbons (Fsp3) is 0.636. The standard InChI is InChI=1S/C22H37N5O3/c1-5-23-21(25-16-22(2,29)17-27-11-13-30-14-12-27)24-10-9-18-7-6-8-19(15-18)20(28)26(3)4/h6-8,15,29H,5,9-14,16-17H2,1-4H3,(H2,23,24,25). The first-order valence-corrected chi connectivity index (χ1v) is 10.7. The number of ether oxygens (including phenoxy) is 1. The summed E-state index contributed by atoms with van der Waals surface area (Å²) in [6.07, 6.45) is 0.767. The van der Waals surface area contributed by atoms with Gasteiger partial charge in [-0.2, -0.15) is 0 Å². The predicted octanol–water partition coefficient (Wildman–Crippen LogP) is 0.569. The fourth-order valence-corrected chi connectivity index (χ4v) is 3.33. The summed E-state index contributed by atoms with van der Waals surface area (Å²) in [6.45, 7) is 9.25. The van der Waals surface area contributed by atoms with Gasteiger partial charge in [-0.25, -0.2) is 0 Å². The summed E-state index contributed by atoms with van der Waals surface area (Å²) in [5.41, 5.74) is 0.878. The maximum atomic E-state index is 12.1. The van der Waals surface area contributed by atoms with Gasteiger partial charge in [-0.15, -0.1) is 0 Å². The summed E-state index contributed by atoms with van der Waals surface area (Å²) in [4.78, 5) is 20.5. The molecule has 1 heterocycles. The Morgan fingerprint density at radius 3 is 2.70 bits per heavy atom. The van der Waals surface area contributed by atoms with Gasteiger partial charge in [0.15, 0.2) is 5.96 Å². The first-order valence-electron chi connectivity index (χ1n) is 10.7. The molecule has 8 heteroatoms. The molecule has 8 nitrogen and oxygen atoms in total. The lowest BCUT2D eigenvalue weighted by molar-refractivity contribution is -0.0180. The van der Waals surface area contributed by atoms with Crippen molar-refractivity contribution in [2.24, 2.45) is 4.99 Å². The number of nitrogens with zero attached hydrogens (tertiary/aromatic N) is 3. The fourth-order valence-electron chi connectivity index (χ4n) is 3.33. The minimum Gasteiger partial charge on any atom is -0.387 e. The van der Waals surface area contributed by atoms with E-state index in [1.54, 1.807) is 19.0 Å². The van der Waals surface area contributed by atoms with Crippen molar-refractivity contribution < 1.29 is 14.6 Å². The molecule has 0 aliphatic carbocycles. The van der Waals surface area contributed by atoms with Crippen molar-refractivity contribution in [3.05, 3.63) is 35.4 Å². The molecule has 0 aromatic heterocycles. The van der Waals surface area contributed by atoms with E-state index in [9.17, 15) is 9.90 Å². The number of aliphatic imine (C=N–C) groups is 1. The number of guanidine groups is 1. The second-order valence-corrected chi connectivity index (χ2v) is 8.16. The molecule has 1 atom stereocenters. The van der Waals surface area contributed by atoms with E-state index in [4.69, 9.17) is 4.74 Å². The summed E-state index contributed by atoms with van der Waals surface area (Å²) < 4.78 is 5.37. The molecule has 0 spiro atoms. The van der Waals surface area contributed by atoms with Crippen LogP contribution in [0.3, 0.4) is 0 Å². The average Bonchev–Trinajstić information content (AvgIpc) is 2.72. The molecule has 1 saturated heterocycles. The summed E-state index contributed by atoms with van der Waals surface area (Å²) in [5, 5.41) is 17.3. The largest absolute Gasteiger partial charge is 0.387 e. The third kappa shape index (κ3) is 8.30. The van der Waals surface area contributed by atoms with E-state index in [0.29, 0.717) is 44.4 Å². The lowest BCUT2D eigenvalue weighted by atomic mass is 10.1. The minimum absolute atomic E-state index is 0.00205. The average molecular weight is 420 g/mol. The molecule has 0 saturated carbocycles. The third-order valence-electron chi connectivity index (χ3n) is 4.88. The molecule has 0 radical (unpaired) electrons. The lowest BCUT2D eigenvalue weighted by Crippen LogP contribution is -2.48. The summed E-state index contributed by atoms with van der Waals surface area (Å²) in [6, 6.07) is 7.70. The first-order chi connectivity index (χ1) is 14.3. The second-order valence-electron chi connectivity index (χ2n) is 8.16. The monoisotopic (exact) mass is 419 g/mol. The van der Waals surface area contributed by atoms with E-state index in [2.05, 4.69) is 20.5 Å². The van der Waals surface area contributed by atoms with E-state index >= 15 is 0 Å². The van der Waals surface area contributed by atoms with Crippen LogP contribution in [-0.2, 0) is 11.2 Å². The number of carbonyl (C=O) groups excluding carboxylic acids is 1. The van der Waals surface area contributed by atoms with Gasteiger partial charge >= 0.3 is 0 Å². The van der Waals surface area contributed by atoms with Gasteiger partial charge in [0.05, 0.1) is 25.4 Å². The zero-order chi connectivity index (χ0) is 22.0. The van der Waals surface area contributed by atoms with Crippen molar-refractivity contribution in [2.75, 3.05) is 66.6 Å². The van der Waals surface area contributed by atoms with Crippen molar-refractivity contribution in [3.63, 3.8) is 0 Å². The SMILES string of the molecule is CCNC(=NCC(C)(O)CN1CCOCC1)NCCc1cccc(C(=O)N(C)C)c1. The smallest absolute Gasteiger partial charge is 0.253 e. The third-order valence-corrected chi connectivity index (χ3v) is 4.88. The highest BCUT2D eigenvalue weighted by Gasteiger charge is 2.25. The van der Waals surface area contributed by atoms with Gasteiger partial charge in [0.25, 0.3) is 5.91 Å². The van der Waals surface area contributed by atoms with Gasteiger partial charge in [-0.1, -0.05) is 12.1 Å². The van der Waals surface area contributed by atoms with Gasteiger partial charge < -0.3 is 25.4 Å². The van der Waals surface area contributed by atoms with Crippen molar-refractivity contribution >= 4 is 11.9 Å². The van der Waals surface area contributed by atoms with Crippen LogP contribution in [0.2, 0.25) is 0 Å². The van der Waals surface area contributed by atoms with Crippen LogP contribution in [0.5, 0.6) is 0 Å². The number of benzene rings is 1. The second kappa shape index (κ2) is 11.9. The summed E-state index contributed by atoms with van der Waals surface area (Å²) >= 11 is 0. The molecule has 2 rings (SSSR count). The Hall–Kier alpha value is -2.16. The number of carbonyl (C=O) groups is 1. The van der Waals surface area contributed by atoms with Crippen LogP contribution in [-0.4, -0.2) is 99.0 Å². The van der Waals surface area contributed by atoms with Crippen molar-refractivity contribution in [1.82, 2.24) is 20.4 Å². The molecule has 3 N–H and O–H groups in total. The van der Waals surface area contributed by atoms with Crippen LogP contribution < -0.4 is 10.6 Å². The van der Waals surface area contributed by atoms with Crippen LogP contribution in [0, 0.1) is 0 Å².